The van der Waals surface area contributed by atoms with Crippen LogP contribution < -0.4 is 14.2 Å². The molecule has 192 valence electrons. The zero-order valence-electron chi connectivity index (χ0n) is 20.8. The molecule has 0 radical (unpaired) electrons. The normalized spacial score (nSPS) is 12.1. The Morgan fingerprint density at radius 2 is 1.86 bits per heavy atom. The van der Waals surface area contributed by atoms with Crippen LogP contribution in [0.25, 0.3) is 10.9 Å². The molecule has 36 heavy (non-hydrogen) atoms. The fourth-order valence-electron chi connectivity index (χ4n) is 3.92. The second-order valence-corrected chi connectivity index (χ2v) is 10.1. The Balaban J connectivity index is 1.85. The number of carboxylic acid groups (broad SMARTS) is 1. The molecule has 0 aliphatic rings. The lowest BCUT2D eigenvalue weighted by molar-refractivity contribution is -0.138. The molecule has 0 bridgehead atoms. The van der Waals surface area contributed by atoms with Crippen LogP contribution in [0.5, 0.6) is 11.5 Å². The quantitative estimate of drug-likeness (QED) is 0.262. The van der Waals surface area contributed by atoms with Gasteiger partial charge in [0.15, 0.2) is 0 Å². The number of aliphatic carboxylic acids is 1. The van der Waals surface area contributed by atoms with Crippen molar-refractivity contribution in [2.24, 2.45) is 0 Å². The van der Waals surface area contributed by atoms with Gasteiger partial charge in [0.05, 0.1) is 12.0 Å². The van der Waals surface area contributed by atoms with E-state index in [1.165, 1.54) is 24.3 Å². The third-order valence-corrected chi connectivity index (χ3v) is 7.30. The van der Waals surface area contributed by atoms with Crippen molar-refractivity contribution in [1.29, 1.82) is 0 Å². The Kier molecular flexibility index (Phi) is 9.39. The van der Waals surface area contributed by atoms with Gasteiger partial charge in [-0.3, -0.25) is 4.79 Å². The molecule has 1 heterocycles. The van der Waals surface area contributed by atoms with Gasteiger partial charge in [0.25, 0.3) is 0 Å². The molecule has 0 spiro atoms. The standard InChI is InChI=1S/C27H32N2O6S/c1-4-6-8-15-29-19-20(24-18-22(34-3)11-14-26(24)29)17-25(27(30)31)28-36(32,33)23-12-9-21(10-13-23)35-16-7-5-2/h9-14,18-19,25,28H,4,6,8,15-17H2,1-3H3,(H,30,31). The fourth-order valence-corrected chi connectivity index (χ4v) is 5.11. The van der Waals surface area contributed by atoms with Crippen molar-refractivity contribution in [3.05, 3.63) is 54.2 Å². The number of aromatic nitrogens is 1. The topological polar surface area (TPSA) is 107 Å². The molecule has 9 heteroatoms. The number of methoxy groups -OCH3 is 1. The SMILES string of the molecule is CC#CCOc1ccc(S(=O)(=O)NC(Cc2cn(CCCCC)c3ccc(OC)cc23)C(=O)O)cc1. The minimum absolute atomic E-state index is 0.0180. The minimum Gasteiger partial charge on any atom is -0.497 e. The van der Waals surface area contributed by atoms with Crippen LogP contribution in [0.1, 0.15) is 38.7 Å². The monoisotopic (exact) mass is 512 g/mol. The van der Waals surface area contributed by atoms with Crippen LogP contribution in [0, 0.1) is 11.8 Å². The Morgan fingerprint density at radius 3 is 2.50 bits per heavy atom. The number of nitrogens with zero attached hydrogens (tertiary/aromatic N) is 1. The van der Waals surface area contributed by atoms with Crippen molar-refractivity contribution in [3.8, 4) is 23.3 Å². The molecule has 0 aliphatic heterocycles. The maximum Gasteiger partial charge on any atom is 0.322 e. The summed E-state index contributed by atoms with van der Waals surface area (Å²) in [7, 11) is -2.52. The number of benzene rings is 2. The highest BCUT2D eigenvalue weighted by molar-refractivity contribution is 7.89. The van der Waals surface area contributed by atoms with E-state index in [0.29, 0.717) is 11.5 Å². The number of rotatable bonds is 13. The number of carbonyl (C=O) groups is 1. The zero-order chi connectivity index (χ0) is 26.1. The number of fused-ring (bicyclic) bond motifs is 1. The first-order valence-electron chi connectivity index (χ1n) is 11.8. The number of ether oxygens (including phenoxy) is 2. The Hall–Kier alpha value is -3.48. The predicted octanol–water partition coefficient (Wildman–Crippen LogP) is 4.22. The highest BCUT2D eigenvalue weighted by Crippen LogP contribution is 2.28. The Bertz CT molecular complexity index is 1350. The Morgan fingerprint density at radius 1 is 1.14 bits per heavy atom. The summed E-state index contributed by atoms with van der Waals surface area (Å²) in [5, 5.41) is 10.7. The van der Waals surface area contributed by atoms with Crippen LogP contribution >= 0.6 is 0 Å². The van der Waals surface area contributed by atoms with Gasteiger partial charge < -0.3 is 19.1 Å². The summed E-state index contributed by atoms with van der Waals surface area (Å²) in [4.78, 5) is 12.0. The zero-order valence-corrected chi connectivity index (χ0v) is 21.6. The molecule has 2 aromatic carbocycles. The predicted molar refractivity (Wildman–Crippen MR) is 139 cm³/mol. The molecule has 3 rings (SSSR count). The van der Waals surface area contributed by atoms with Gasteiger partial charge in [-0.05, 0) is 61.4 Å². The second-order valence-electron chi connectivity index (χ2n) is 8.34. The lowest BCUT2D eigenvalue weighted by Crippen LogP contribution is -2.42. The molecular weight excluding hydrogens is 480 g/mol. The third kappa shape index (κ3) is 6.80. The van der Waals surface area contributed by atoms with Crippen molar-refractivity contribution in [2.75, 3.05) is 13.7 Å². The van der Waals surface area contributed by atoms with Crippen LogP contribution in [0.4, 0.5) is 0 Å². The van der Waals surface area contributed by atoms with E-state index < -0.39 is 22.0 Å². The first-order valence-corrected chi connectivity index (χ1v) is 13.3. The summed E-state index contributed by atoms with van der Waals surface area (Å²) in [6.07, 6.45) is 5.05. The van der Waals surface area contributed by atoms with Crippen LogP contribution in [-0.2, 0) is 27.8 Å². The van der Waals surface area contributed by atoms with Crippen molar-refractivity contribution in [3.63, 3.8) is 0 Å². The van der Waals surface area contributed by atoms with Gasteiger partial charge in [-0.2, -0.15) is 4.72 Å². The van der Waals surface area contributed by atoms with Crippen molar-refractivity contribution in [2.45, 2.75) is 57.0 Å². The number of carboxylic acids is 1. The average Bonchev–Trinajstić information content (AvgIpc) is 3.20. The Labute approximate surface area is 212 Å². The number of hydrogen-bond donors (Lipinski definition) is 2. The molecule has 2 N–H and O–H groups in total. The lowest BCUT2D eigenvalue weighted by Gasteiger charge is -2.15. The van der Waals surface area contributed by atoms with E-state index in [4.69, 9.17) is 9.47 Å². The van der Waals surface area contributed by atoms with E-state index in [9.17, 15) is 18.3 Å². The molecule has 0 amide bonds. The first kappa shape index (κ1) is 27.1. The summed E-state index contributed by atoms with van der Waals surface area (Å²) < 4.78 is 41.2. The number of sulfonamides is 1. The van der Waals surface area contributed by atoms with E-state index in [2.05, 4.69) is 28.1 Å². The number of unbranched alkanes of at least 4 members (excludes halogenated alkanes) is 2. The number of hydrogen-bond acceptors (Lipinski definition) is 5. The maximum absolute atomic E-state index is 13.0. The van der Waals surface area contributed by atoms with Crippen molar-refractivity contribution < 1.29 is 27.8 Å². The molecular formula is C27H32N2O6S. The van der Waals surface area contributed by atoms with Crippen molar-refractivity contribution in [1.82, 2.24) is 9.29 Å². The maximum atomic E-state index is 13.0. The van der Waals surface area contributed by atoms with Crippen molar-refractivity contribution >= 4 is 26.9 Å². The second kappa shape index (κ2) is 12.5. The van der Waals surface area contributed by atoms with Crippen LogP contribution in [0.15, 0.2) is 53.6 Å². The highest BCUT2D eigenvalue weighted by atomic mass is 32.2. The largest absolute Gasteiger partial charge is 0.497 e. The highest BCUT2D eigenvalue weighted by Gasteiger charge is 2.27. The van der Waals surface area contributed by atoms with Crippen LogP contribution in [-0.4, -0.2) is 43.8 Å². The lowest BCUT2D eigenvalue weighted by atomic mass is 10.1. The van der Waals surface area contributed by atoms with Gasteiger partial charge in [0.2, 0.25) is 10.0 Å². The number of aryl methyl sites for hydroxylation is 1. The van der Waals surface area contributed by atoms with Crippen LogP contribution in [0.3, 0.4) is 0 Å². The molecule has 3 aromatic rings. The van der Waals surface area contributed by atoms with E-state index in [1.54, 1.807) is 14.0 Å². The summed E-state index contributed by atoms with van der Waals surface area (Å²) >= 11 is 0. The summed E-state index contributed by atoms with van der Waals surface area (Å²) in [6.45, 7) is 4.82. The van der Waals surface area contributed by atoms with Gasteiger partial charge in [0, 0.05) is 30.1 Å². The van der Waals surface area contributed by atoms with Gasteiger partial charge in [-0.25, -0.2) is 8.42 Å². The minimum atomic E-state index is -4.09. The smallest absolute Gasteiger partial charge is 0.322 e. The molecule has 0 saturated carbocycles. The van der Waals surface area contributed by atoms with E-state index in [0.717, 1.165) is 42.3 Å². The average molecular weight is 513 g/mol. The van der Waals surface area contributed by atoms with E-state index in [-0.39, 0.29) is 17.9 Å². The first-order chi connectivity index (χ1) is 17.3. The summed E-state index contributed by atoms with van der Waals surface area (Å²) in [6, 6.07) is 10.1. The molecule has 0 aliphatic carbocycles. The van der Waals surface area contributed by atoms with E-state index >= 15 is 0 Å². The van der Waals surface area contributed by atoms with E-state index in [1.807, 2.05) is 24.4 Å². The van der Waals surface area contributed by atoms with Gasteiger partial charge >= 0.3 is 5.97 Å². The van der Waals surface area contributed by atoms with Gasteiger partial charge in [0.1, 0.15) is 24.1 Å². The summed E-state index contributed by atoms with van der Waals surface area (Å²) in [5.74, 6) is 5.33. The molecule has 0 fully saturated rings. The molecule has 1 unspecified atom stereocenters. The molecule has 0 saturated heterocycles. The van der Waals surface area contributed by atoms with Crippen LogP contribution in [0.2, 0.25) is 0 Å². The fraction of sp³-hybridized carbons (Fsp3) is 0.370. The third-order valence-electron chi connectivity index (χ3n) is 5.81. The molecule has 1 atom stereocenters. The molecule has 8 nitrogen and oxygen atoms in total. The molecule has 1 aromatic heterocycles. The number of nitrogens with one attached hydrogen (secondary N) is 1. The van der Waals surface area contributed by atoms with Gasteiger partial charge in [-0.15, -0.1) is 5.92 Å². The van der Waals surface area contributed by atoms with Gasteiger partial charge in [-0.1, -0.05) is 25.7 Å². The summed E-state index contributed by atoms with van der Waals surface area (Å²) in [5.41, 5.74) is 1.69.